The summed E-state index contributed by atoms with van der Waals surface area (Å²) < 4.78 is 20.8. The third-order valence-corrected chi connectivity index (χ3v) is 8.66. The second-order valence-electron chi connectivity index (χ2n) is 12.3. The molecule has 5 heterocycles. The van der Waals surface area contributed by atoms with Gasteiger partial charge in [-0.05, 0) is 64.3 Å². The zero-order valence-corrected chi connectivity index (χ0v) is 33.1. The van der Waals surface area contributed by atoms with Gasteiger partial charge in [0.05, 0.1) is 34.6 Å². The number of aliphatic carboxylic acids is 1. The molecular formula is C32H37BBrKN8O4. The molecule has 2 aromatic carbocycles. The quantitative estimate of drug-likeness (QED) is 0.245. The second kappa shape index (κ2) is 14.5. The topological polar surface area (TPSA) is 130 Å². The summed E-state index contributed by atoms with van der Waals surface area (Å²) in [6.07, 6.45) is 7.62. The monoisotopic (exact) mass is 726 g/mol. The summed E-state index contributed by atoms with van der Waals surface area (Å²) >= 11 is 3.50. The van der Waals surface area contributed by atoms with Crippen LogP contribution in [0.3, 0.4) is 0 Å². The number of carboxylic acid groups (broad SMARTS) is 1. The van der Waals surface area contributed by atoms with Crippen LogP contribution < -0.4 is 62.0 Å². The SMILES string of the molecule is CC(=O)[O-].Cn1cc(-c2nn(C)c3ccc(B4OC(C)(C)C(C)(C)O4)cc23)cn1.Cn1cc(-c2nn(C)c3ccc(Br)cc23)cn1.[K+]. The standard InChI is InChI=1S/C18H23BN4O2.C12H11BrN4.C2H4O2.K/c1-17(2)18(3,4)25-19(24-17)13-7-8-15-14(9-13)16(21-23(15)6)12-10-20-22(5)11-12;1-16-7-8(6-14-16)12-10-5-9(13)3-4-11(10)17(2)15-12;1-2(3)4;/h7-11H,1-6H3;3-7H,1-2H3;1H3,(H,3,4);/q;;;+1/p-1. The molecule has 1 aliphatic rings. The van der Waals surface area contributed by atoms with E-state index in [-0.39, 0.29) is 69.7 Å². The van der Waals surface area contributed by atoms with E-state index < -0.39 is 5.97 Å². The van der Waals surface area contributed by atoms with Gasteiger partial charge in [0.15, 0.2) is 0 Å². The van der Waals surface area contributed by atoms with Gasteiger partial charge in [-0.2, -0.15) is 20.4 Å². The smallest absolute Gasteiger partial charge is 0.550 e. The van der Waals surface area contributed by atoms with Gasteiger partial charge in [-0.3, -0.25) is 18.7 Å². The average Bonchev–Trinajstić information content (AvgIpc) is 3.77. The zero-order chi connectivity index (χ0) is 33.6. The van der Waals surface area contributed by atoms with Crippen molar-refractivity contribution in [1.29, 1.82) is 0 Å². The van der Waals surface area contributed by atoms with Gasteiger partial charge in [0, 0.05) is 72.9 Å². The maximum atomic E-state index is 8.89. The van der Waals surface area contributed by atoms with Crippen molar-refractivity contribution in [1.82, 2.24) is 39.1 Å². The molecule has 4 aromatic heterocycles. The molecule has 7 rings (SSSR count). The number of rotatable bonds is 3. The predicted molar refractivity (Wildman–Crippen MR) is 180 cm³/mol. The van der Waals surface area contributed by atoms with Gasteiger partial charge >= 0.3 is 58.5 Å². The Morgan fingerprint density at radius 2 is 1.21 bits per heavy atom. The first-order valence-corrected chi connectivity index (χ1v) is 15.5. The summed E-state index contributed by atoms with van der Waals surface area (Å²) in [5, 5.41) is 28.8. The van der Waals surface area contributed by atoms with Crippen LogP contribution in [0.5, 0.6) is 0 Å². The third kappa shape index (κ3) is 7.99. The Labute approximate surface area is 325 Å². The van der Waals surface area contributed by atoms with Crippen molar-refractivity contribution in [2.45, 2.75) is 45.8 Å². The fraction of sp³-hybridized carbons (Fsp3) is 0.344. The number of halogens is 1. The molecule has 15 heteroatoms. The Balaban J connectivity index is 0.000000198. The molecule has 1 fully saturated rings. The van der Waals surface area contributed by atoms with Crippen LogP contribution in [-0.2, 0) is 42.3 Å². The van der Waals surface area contributed by atoms with E-state index in [1.165, 1.54) is 0 Å². The van der Waals surface area contributed by atoms with Crippen LogP contribution in [0.4, 0.5) is 0 Å². The summed E-state index contributed by atoms with van der Waals surface area (Å²) in [5.41, 5.74) is 6.41. The molecule has 12 nitrogen and oxygen atoms in total. The minimum absolute atomic E-state index is 0. The minimum atomic E-state index is -1.08. The van der Waals surface area contributed by atoms with Crippen LogP contribution in [-0.4, -0.2) is 63.4 Å². The summed E-state index contributed by atoms with van der Waals surface area (Å²) in [6.45, 7) is 9.24. The van der Waals surface area contributed by atoms with E-state index in [4.69, 9.17) is 19.2 Å². The van der Waals surface area contributed by atoms with Gasteiger partial charge in [-0.15, -0.1) is 0 Å². The number of hydrogen-bond acceptors (Lipinski definition) is 8. The Morgan fingerprint density at radius 1 is 0.787 bits per heavy atom. The van der Waals surface area contributed by atoms with E-state index in [0.29, 0.717) is 0 Å². The van der Waals surface area contributed by atoms with Crippen LogP contribution in [0, 0.1) is 0 Å². The van der Waals surface area contributed by atoms with Gasteiger partial charge < -0.3 is 19.2 Å². The summed E-state index contributed by atoms with van der Waals surface area (Å²) in [5.74, 6) is -1.08. The molecule has 0 bridgehead atoms. The maximum Gasteiger partial charge on any atom is 1.00 e. The molecule has 47 heavy (non-hydrogen) atoms. The van der Waals surface area contributed by atoms with Crippen molar-refractivity contribution in [2.24, 2.45) is 28.2 Å². The molecule has 240 valence electrons. The Kier molecular flexibility index (Phi) is 11.4. The maximum absolute atomic E-state index is 8.89. The minimum Gasteiger partial charge on any atom is -0.550 e. The molecule has 0 atom stereocenters. The van der Waals surface area contributed by atoms with E-state index in [2.05, 4.69) is 94.4 Å². The molecule has 0 aliphatic carbocycles. The van der Waals surface area contributed by atoms with Crippen LogP contribution >= 0.6 is 15.9 Å². The fourth-order valence-corrected chi connectivity index (χ4v) is 5.52. The van der Waals surface area contributed by atoms with Crippen LogP contribution in [0.25, 0.3) is 44.3 Å². The first-order chi connectivity index (χ1) is 21.6. The number of carbonyl (C=O) groups is 1. The molecular weight excluding hydrogens is 690 g/mol. The normalized spacial score (nSPS) is 14.7. The van der Waals surface area contributed by atoms with E-state index >= 15 is 0 Å². The average molecular weight is 728 g/mol. The van der Waals surface area contributed by atoms with E-state index in [0.717, 1.165) is 61.2 Å². The van der Waals surface area contributed by atoms with Crippen LogP contribution in [0.2, 0.25) is 0 Å². The number of hydrogen-bond donors (Lipinski definition) is 0. The van der Waals surface area contributed by atoms with E-state index in [1.807, 2.05) is 68.4 Å². The summed E-state index contributed by atoms with van der Waals surface area (Å²) in [4.78, 5) is 8.89. The summed E-state index contributed by atoms with van der Waals surface area (Å²) in [6, 6.07) is 12.4. The van der Waals surface area contributed by atoms with Crippen LogP contribution in [0.15, 0.2) is 65.7 Å². The summed E-state index contributed by atoms with van der Waals surface area (Å²) in [7, 11) is 7.35. The molecule has 1 aliphatic heterocycles. The van der Waals surface area contributed by atoms with E-state index in [9.17, 15) is 0 Å². The number of nitrogens with zero attached hydrogens (tertiary/aromatic N) is 8. The zero-order valence-electron chi connectivity index (χ0n) is 28.4. The first-order valence-electron chi connectivity index (χ1n) is 14.7. The molecule has 0 unspecified atom stereocenters. The Bertz CT molecular complexity index is 2030. The van der Waals surface area contributed by atoms with Gasteiger partial charge in [-0.1, -0.05) is 28.1 Å². The largest absolute Gasteiger partial charge is 1.00 e. The molecule has 6 aromatic rings. The second-order valence-corrected chi connectivity index (χ2v) is 13.2. The number of aromatic nitrogens is 8. The number of fused-ring (bicyclic) bond motifs is 2. The number of carbonyl (C=O) groups excluding carboxylic acids is 1. The Hall–Kier alpha value is -2.63. The molecule has 0 spiro atoms. The van der Waals surface area contributed by atoms with Crippen LogP contribution in [0.1, 0.15) is 34.6 Å². The first kappa shape index (κ1) is 37.2. The van der Waals surface area contributed by atoms with Crippen molar-refractivity contribution in [3.8, 4) is 22.5 Å². The molecule has 1 saturated heterocycles. The van der Waals surface area contributed by atoms with Crippen molar-refractivity contribution in [3.63, 3.8) is 0 Å². The number of aryl methyl sites for hydroxylation is 4. The molecule has 0 radical (unpaired) electrons. The molecule has 0 amide bonds. The van der Waals surface area contributed by atoms with Gasteiger partial charge in [0.25, 0.3) is 0 Å². The van der Waals surface area contributed by atoms with E-state index in [1.54, 1.807) is 9.36 Å². The van der Waals surface area contributed by atoms with Crippen molar-refractivity contribution < 1.29 is 70.6 Å². The molecule has 0 N–H and O–H groups in total. The van der Waals surface area contributed by atoms with Gasteiger partial charge in [0.1, 0.15) is 11.4 Å². The molecule has 0 saturated carbocycles. The van der Waals surface area contributed by atoms with Crippen molar-refractivity contribution >= 4 is 56.3 Å². The van der Waals surface area contributed by atoms with Crippen molar-refractivity contribution in [3.05, 3.63) is 65.7 Å². The van der Waals surface area contributed by atoms with Gasteiger partial charge in [-0.25, -0.2) is 0 Å². The van der Waals surface area contributed by atoms with Gasteiger partial charge in [0.2, 0.25) is 0 Å². The third-order valence-electron chi connectivity index (χ3n) is 8.17. The van der Waals surface area contributed by atoms with Crippen molar-refractivity contribution in [2.75, 3.05) is 0 Å². The Morgan fingerprint density at radius 3 is 1.64 bits per heavy atom. The number of carboxylic acids is 1. The predicted octanol–water partition coefficient (Wildman–Crippen LogP) is 0.770. The fourth-order valence-electron chi connectivity index (χ4n) is 5.16. The number of benzene rings is 2.